The van der Waals surface area contributed by atoms with Gasteiger partial charge in [0.1, 0.15) is 5.75 Å². The standard InChI is InChI=1S/C15H18N4O2/c1-9(2)20-15-18-13(17-14(16)19-15)10-4-3-5-12(8-10)21-11-6-7-11/h3-5,8-9,11H,6-7H2,1-2H3,(H2,16,17,18,19). The van der Waals surface area contributed by atoms with E-state index in [1.807, 2.05) is 38.1 Å². The minimum Gasteiger partial charge on any atom is -0.490 e. The van der Waals surface area contributed by atoms with Crippen LogP contribution in [0.3, 0.4) is 0 Å². The molecule has 1 heterocycles. The van der Waals surface area contributed by atoms with Crippen molar-refractivity contribution >= 4 is 5.95 Å². The predicted molar refractivity (Wildman–Crippen MR) is 79.1 cm³/mol. The highest BCUT2D eigenvalue weighted by molar-refractivity contribution is 5.58. The van der Waals surface area contributed by atoms with Gasteiger partial charge in [-0.15, -0.1) is 0 Å². The Morgan fingerprint density at radius 2 is 2.00 bits per heavy atom. The topological polar surface area (TPSA) is 83.2 Å². The summed E-state index contributed by atoms with van der Waals surface area (Å²) in [5, 5.41) is 0. The molecular formula is C15H18N4O2. The third-order valence-corrected chi connectivity index (χ3v) is 2.89. The Morgan fingerprint density at radius 3 is 2.71 bits per heavy atom. The summed E-state index contributed by atoms with van der Waals surface area (Å²) in [4.78, 5) is 12.4. The van der Waals surface area contributed by atoms with Crippen LogP contribution in [0, 0.1) is 0 Å². The van der Waals surface area contributed by atoms with E-state index in [0.717, 1.165) is 24.2 Å². The lowest BCUT2D eigenvalue weighted by molar-refractivity contribution is 0.222. The zero-order chi connectivity index (χ0) is 14.8. The zero-order valence-electron chi connectivity index (χ0n) is 12.1. The summed E-state index contributed by atoms with van der Waals surface area (Å²) >= 11 is 0. The van der Waals surface area contributed by atoms with Gasteiger partial charge in [0.25, 0.3) is 0 Å². The van der Waals surface area contributed by atoms with Crippen LogP contribution in [0.2, 0.25) is 0 Å². The van der Waals surface area contributed by atoms with Gasteiger partial charge < -0.3 is 15.2 Å². The first-order valence-electron chi connectivity index (χ1n) is 7.05. The predicted octanol–water partition coefficient (Wildman–Crippen LogP) is 2.45. The fourth-order valence-corrected chi connectivity index (χ4v) is 1.85. The van der Waals surface area contributed by atoms with E-state index >= 15 is 0 Å². The van der Waals surface area contributed by atoms with Crippen LogP contribution < -0.4 is 15.2 Å². The summed E-state index contributed by atoms with van der Waals surface area (Å²) < 4.78 is 11.3. The second-order valence-corrected chi connectivity index (χ2v) is 5.31. The van der Waals surface area contributed by atoms with Crippen LogP contribution >= 0.6 is 0 Å². The molecule has 3 rings (SSSR count). The molecule has 0 aliphatic heterocycles. The van der Waals surface area contributed by atoms with Crippen molar-refractivity contribution in [3.8, 4) is 23.1 Å². The van der Waals surface area contributed by atoms with Gasteiger partial charge >= 0.3 is 6.01 Å². The maximum absolute atomic E-state index is 5.78. The summed E-state index contributed by atoms with van der Waals surface area (Å²) in [7, 11) is 0. The number of aromatic nitrogens is 3. The summed E-state index contributed by atoms with van der Waals surface area (Å²) in [5.41, 5.74) is 6.56. The molecule has 1 fully saturated rings. The first-order valence-corrected chi connectivity index (χ1v) is 7.05. The third-order valence-electron chi connectivity index (χ3n) is 2.89. The second-order valence-electron chi connectivity index (χ2n) is 5.31. The molecule has 0 amide bonds. The third kappa shape index (κ3) is 3.59. The lowest BCUT2D eigenvalue weighted by atomic mass is 10.2. The molecule has 1 aliphatic rings. The van der Waals surface area contributed by atoms with Gasteiger partial charge in [-0.25, -0.2) is 0 Å². The fraction of sp³-hybridized carbons (Fsp3) is 0.400. The molecular weight excluding hydrogens is 268 g/mol. The number of nitrogens with two attached hydrogens (primary N) is 1. The van der Waals surface area contributed by atoms with Crippen molar-refractivity contribution in [1.82, 2.24) is 15.0 Å². The zero-order valence-corrected chi connectivity index (χ0v) is 12.1. The molecule has 0 radical (unpaired) electrons. The molecule has 1 aliphatic carbocycles. The molecule has 1 aromatic heterocycles. The van der Waals surface area contributed by atoms with Crippen molar-refractivity contribution in [2.24, 2.45) is 0 Å². The summed E-state index contributed by atoms with van der Waals surface area (Å²) in [6, 6.07) is 7.90. The van der Waals surface area contributed by atoms with Gasteiger partial charge in [-0.1, -0.05) is 12.1 Å². The van der Waals surface area contributed by atoms with E-state index in [2.05, 4.69) is 15.0 Å². The van der Waals surface area contributed by atoms with E-state index in [9.17, 15) is 0 Å². The smallest absolute Gasteiger partial charge is 0.322 e. The van der Waals surface area contributed by atoms with Crippen LogP contribution in [0.5, 0.6) is 11.8 Å². The Bertz CT molecular complexity index is 641. The van der Waals surface area contributed by atoms with Gasteiger partial charge in [-0.2, -0.15) is 15.0 Å². The van der Waals surface area contributed by atoms with Crippen molar-refractivity contribution in [3.63, 3.8) is 0 Å². The van der Waals surface area contributed by atoms with E-state index in [4.69, 9.17) is 15.2 Å². The van der Waals surface area contributed by atoms with Gasteiger partial charge in [0.2, 0.25) is 5.95 Å². The minimum absolute atomic E-state index is 0.0239. The number of anilines is 1. The first kappa shape index (κ1) is 13.6. The Labute approximate surface area is 123 Å². The molecule has 1 saturated carbocycles. The summed E-state index contributed by atoms with van der Waals surface area (Å²) in [6.45, 7) is 3.81. The quantitative estimate of drug-likeness (QED) is 0.909. The Hall–Kier alpha value is -2.37. The van der Waals surface area contributed by atoms with Crippen LogP contribution in [0.25, 0.3) is 11.4 Å². The monoisotopic (exact) mass is 286 g/mol. The normalized spacial score (nSPS) is 14.2. The van der Waals surface area contributed by atoms with Gasteiger partial charge in [-0.05, 0) is 38.8 Å². The van der Waals surface area contributed by atoms with Crippen molar-refractivity contribution in [1.29, 1.82) is 0 Å². The van der Waals surface area contributed by atoms with Crippen LogP contribution in [-0.4, -0.2) is 27.2 Å². The second kappa shape index (κ2) is 5.55. The molecule has 1 aromatic carbocycles. The number of nitrogen functional groups attached to an aromatic ring is 1. The first-order chi connectivity index (χ1) is 10.1. The van der Waals surface area contributed by atoms with Crippen LogP contribution in [0.1, 0.15) is 26.7 Å². The molecule has 6 heteroatoms. The van der Waals surface area contributed by atoms with Crippen molar-refractivity contribution < 1.29 is 9.47 Å². The molecule has 2 aromatic rings. The van der Waals surface area contributed by atoms with E-state index in [0.29, 0.717) is 11.9 Å². The maximum Gasteiger partial charge on any atom is 0.322 e. The average molecular weight is 286 g/mol. The summed E-state index contributed by atoms with van der Waals surface area (Å²) in [6.07, 6.45) is 2.57. The van der Waals surface area contributed by atoms with E-state index in [-0.39, 0.29) is 18.1 Å². The maximum atomic E-state index is 5.78. The molecule has 0 bridgehead atoms. The number of hydrogen-bond acceptors (Lipinski definition) is 6. The lowest BCUT2D eigenvalue weighted by Gasteiger charge is -2.10. The highest BCUT2D eigenvalue weighted by Crippen LogP contribution is 2.29. The fourth-order valence-electron chi connectivity index (χ4n) is 1.85. The molecule has 0 spiro atoms. The van der Waals surface area contributed by atoms with Crippen molar-refractivity contribution in [2.45, 2.75) is 38.9 Å². The van der Waals surface area contributed by atoms with Gasteiger partial charge in [0.15, 0.2) is 5.82 Å². The molecule has 0 atom stereocenters. The van der Waals surface area contributed by atoms with E-state index < -0.39 is 0 Å². The Balaban J connectivity index is 1.89. The summed E-state index contributed by atoms with van der Waals surface area (Å²) in [5.74, 6) is 1.45. The van der Waals surface area contributed by atoms with Gasteiger partial charge in [0.05, 0.1) is 12.2 Å². The van der Waals surface area contributed by atoms with Gasteiger partial charge in [0, 0.05) is 5.56 Å². The number of benzene rings is 1. The number of ether oxygens (including phenoxy) is 2. The molecule has 6 nitrogen and oxygen atoms in total. The van der Waals surface area contributed by atoms with Crippen LogP contribution in [0.4, 0.5) is 5.95 Å². The highest BCUT2D eigenvalue weighted by atomic mass is 16.5. The molecule has 110 valence electrons. The van der Waals surface area contributed by atoms with Crippen LogP contribution in [0.15, 0.2) is 24.3 Å². The van der Waals surface area contributed by atoms with Crippen molar-refractivity contribution in [3.05, 3.63) is 24.3 Å². The molecule has 2 N–H and O–H groups in total. The highest BCUT2D eigenvalue weighted by Gasteiger charge is 2.23. The number of hydrogen-bond donors (Lipinski definition) is 1. The van der Waals surface area contributed by atoms with Gasteiger partial charge in [-0.3, -0.25) is 0 Å². The lowest BCUT2D eigenvalue weighted by Crippen LogP contribution is -2.11. The molecule has 0 unspecified atom stereocenters. The SMILES string of the molecule is CC(C)Oc1nc(N)nc(-c2cccc(OC3CC3)c2)n1. The Morgan fingerprint density at radius 1 is 1.19 bits per heavy atom. The van der Waals surface area contributed by atoms with Crippen molar-refractivity contribution in [2.75, 3.05) is 5.73 Å². The molecule has 21 heavy (non-hydrogen) atoms. The van der Waals surface area contributed by atoms with E-state index in [1.54, 1.807) is 0 Å². The van der Waals surface area contributed by atoms with Crippen LogP contribution in [-0.2, 0) is 0 Å². The Kier molecular flexibility index (Phi) is 3.60. The number of nitrogens with zero attached hydrogens (tertiary/aromatic N) is 3. The average Bonchev–Trinajstić information content (AvgIpc) is 3.21. The largest absolute Gasteiger partial charge is 0.490 e. The van der Waals surface area contributed by atoms with E-state index in [1.165, 1.54) is 0 Å². The molecule has 0 saturated heterocycles. The number of rotatable bonds is 5. The minimum atomic E-state index is -0.0239.